The van der Waals surface area contributed by atoms with Gasteiger partial charge in [0.25, 0.3) is 0 Å². The van der Waals surface area contributed by atoms with Gasteiger partial charge in [-0.25, -0.2) is 4.79 Å². The van der Waals surface area contributed by atoms with E-state index >= 15 is 0 Å². The van der Waals surface area contributed by atoms with Crippen LogP contribution in [-0.2, 0) is 4.79 Å². The van der Waals surface area contributed by atoms with Crippen molar-refractivity contribution in [2.75, 3.05) is 13.7 Å². The van der Waals surface area contributed by atoms with E-state index in [1.54, 1.807) is 19.2 Å². The van der Waals surface area contributed by atoms with Crippen molar-refractivity contribution in [3.63, 3.8) is 0 Å². The molecular formula is C17H17BrO4. The van der Waals surface area contributed by atoms with Gasteiger partial charge in [0.1, 0.15) is 5.75 Å². The average molecular weight is 365 g/mol. The number of methoxy groups -OCH3 is 1. The van der Waals surface area contributed by atoms with Gasteiger partial charge in [-0.3, -0.25) is 0 Å². The summed E-state index contributed by atoms with van der Waals surface area (Å²) in [6.45, 7) is 3.60. The summed E-state index contributed by atoms with van der Waals surface area (Å²) in [5, 5.41) is 0. The van der Waals surface area contributed by atoms with E-state index in [4.69, 9.17) is 14.2 Å². The number of rotatable bonds is 5. The van der Waals surface area contributed by atoms with Gasteiger partial charge in [0, 0.05) is 4.47 Å². The van der Waals surface area contributed by atoms with Gasteiger partial charge in [0.2, 0.25) is 0 Å². The SMILES string of the molecule is COc1ccccc1OCC(=O)Oc1c(C)cc(Br)cc1C. The molecule has 0 fully saturated rings. The first-order valence-corrected chi connectivity index (χ1v) is 7.54. The van der Waals surface area contributed by atoms with Crippen LogP contribution in [0.3, 0.4) is 0 Å². The standard InChI is InChI=1S/C17H17BrO4/c1-11-8-13(18)9-12(2)17(11)22-16(19)10-21-15-7-5-4-6-14(15)20-3/h4-9H,10H2,1-3H3. The molecule has 0 radical (unpaired) electrons. The minimum Gasteiger partial charge on any atom is -0.493 e. The minimum atomic E-state index is -0.459. The number of esters is 1. The van der Waals surface area contributed by atoms with Crippen LogP contribution in [0, 0.1) is 13.8 Å². The second-order valence-electron chi connectivity index (χ2n) is 4.78. The highest BCUT2D eigenvalue weighted by Gasteiger charge is 2.13. The first kappa shape index (κ1) is 16.4. The molecule has 0 heterocycles. The molecule has 0 saturated carbocycles. The zero-order valence-electron chi connectivity index (χ0n) is 12.7. The highest BCUT2D eigenvalue weighted by atomic mass is 79.9. The molecule has 0 aliphatic carbocycles. The lowest BCUT2D eigenvalue weighted by atomic mass is 10.1. The van der Waals surface area contributed by atoms with E-state index in [1.165, 1.54) is 0 Å². The molecule has 4 nitrogen and oxygen atoms in total. The molecule has 0 aliphatic heterocycles. The van der Waals surface area contributed by atoms with E-state index in [0.717, 1.165) is 15.6 Å². The monoisotopic (exact) mass is 364 g/mol. The summed E-state index contributed by atoms with van der Waals surface area (Å²) in [5.41, 5.74) is 1.77. The number of hydrogen-bond acceptors (Lipinski definition) is 4. The molecule has 2 aromatic rings. The van der Waals surface area contributed by atoms with E-state index in [9.17, 15) is 4.79 Å². The molecule has 22 heavy (non-hydrogen) atoms. The first-order valence-electron chi connectivity index (χ1n) is 6.74. The van der Waals surface area contributed by atoms with Gasteiger partial charge in [-0.15, -0.1) is 0 Å². The Kier molecular flexibility index (Phi) is 5.44. The summed E-state index contributed by atoms with van der Waals surface area (Å²) < 4.78 is 17.0. The number of aryl methyl sites for hydroxylation is 2. The summed E-state index contributed by atoms with van der Waals surface area (Å²) in [4.78, 5) is 12.0. The molecule has 0 bridgehead atoms. The van der Waals surface area contributed by atoms with Crippen molar-refractivity contribution in [2.24, 2.45) is 0 Å². The molecule has 0 aliphatic rings. The van der Waals surface area contributed by atoms with E-state index < -0.39 is 5.97 Å². The highest BCUT2D eigenvalue weighted by molar-refractivity contribution is 9.10. The Labute approximate surface area is 138 Å². The molecule has 0 N–H and O–H groups in total. The molecule has 0 aromatic heterocycles. The second-order valence-corrected chi connectivity index (χ2v) is 5.70. The fraction of sp³-hybridized carbons (Fsp3) is 0.235. The fourth-order valence-electron chi connectivity index (χ4n) is 2.08. The first-order chi connectivity index (χ1) is 10.5. The quantitative estimate of drug-likeness (QED) is 0.592. The van der Waals surface area contributed by atoms with Gasteiger partial charge in [-0.2, -0.15) is 0 Å². The number of para-hydroxylation sites is 2. The summed E-state index contributed by atoms with van der Waals surface area (Å²) in [6, 6.07) is 10.9. The van der Waals surface area contributed by atoms with Crippen molar-refractivity contribution in [2.45, 2.75) is 13.8 Å². The van der Waals surface area contributed by atoms with Gasteiger partial charge < -0.3 is 14.2 Å². The van der Waals surface area contributed by atoms with Crippen LogP contribution in [0.1, 0.15) is 11.1 Å². The summed E-state index contributed by atoms with van der Waals surface area (Å²) in [5.74, 6) is 1.19. The van der Waals surface area contributed by atoms with Crippen molar-refractivity contribution in [1.29, 1.82) is 0 Å². The van der Waals surface area contributed by atoms with Crippen LogP contribution in [0.25, 0.3) is 0 Å². The van der Waals surface area contributed by atoms with Crippen molar-refractivity contribution in [1.82, 2.24) is 0 Å². The largest absolute Gasteiger partial charge is 0.493 e. The maximum atomic E-state index is 12.0. The van der Waals surface area contributed by atoms with Crippen molar-refractivity contribution >= 4 is 21.9 Å². The number of halogens is 1. The number of carbonyl (C=O) groups is 1. The van der Waals surface area contributed by atoms with Crippen LogP contribution in [0.5, 0.6) is 17.2 Å². The van der Waals surface area contributed by atoms with Crippen molar-refractivity contribution < 1.29 is 19.0 Å². The van der Waals surface area contributed by atoms with Gasteiger partial charge in [-0.05, 0) is 49.2 Å². The molecule has 116 valence electrons. The van der Waals surface area contributed by atoms with Crippen molar-refractivity contribution in [3.05, 3.63) is 52.0 Å². The zero-order valence-corrected chi connectivity index (χ0v) is 14.3. The molecule has 2 aromatic carbocycles. The number of ether oxygens (including phenoxy) is 3. The third-order valence-corrected chi connectivity index (χ3v) is 3.51. The third-order valence-electron chi connectivity index (χ3n) is 3.06. The van der Waals surface area contributed by atoms with E-state index in [0.29, 0.717) is 17.2 Å². The number of carbonyl (C=O) groups excluding carboxylic acids is 1. The van der Waals surface area contributed by atoms with E-state index in [2.05, 4.69) is 15.9 Å². The van der Waals surface area contributed by atoms with Gasteiger partial charge >= 0.3 is 5.97 Å². The Bertz CT molecular complexity index is 659. The Morgan fingerprint density at radius 2 is 1.68 bits per heavy atom. The van der Waals surface area contributed by atoms with E-state index in [-0.39, 0.29) is 6.61 Å². The third kappa shape index (κ3) is 4.01. The smallest absolute Gasteiger partial charge is 0.349 e. The lowest BCUT2D eigenvalue weighted by molar-refractivity contribution is -0.136. The normalized spacial score (nSPS) is 10.2. The Morgan fingerprint density at radius 1 is 1.09 bits per heavy atom. The fourth-order valence-corrected chi connectivity index (χ4v) is 2.76. The maximum Gasteiger partial charge on any atom is 0.349 e. The van der Waals surface area contributed by atoms with Crippen LogP contribution in [0.15, 0.2) is 40.9 Å². The molecule has 2 rings (SSSR count). The second kappa shape index (κ2) is 7.31. The average Bonchev–Trinajstić information content (AvgIpc) is 2.49. The maximum absolute atomic E-state index is 12.0. The number of benzene rings is 2. The Hall–Kier alpha value is -2.01. The molecular weight excluding hydrogens is 348 g/mol. The molecule has 0 saturated heterocycles. The van der Waals surface area contributed by atoms with Crippen LogP contribution in [0.4, 0.5) is 0 Å². The molecule has 0 amide bonds. The van der Waals surface area contributed by atoms with Gasteiger partial charge in [0.15, 0.2) is 18.1 Å². The Balaban J connectivity index is 2.02. The molecule has 0 spiro atoms. The van der Waals surface area contributed by atoms with Crippen LogP contribution >= 0.6 is 15.9 Å². The van der Waals surface area contributed by atoms with E-state index in [1.807, 2.05) is 38.1 Å². The summed E-state index contributed by atoms with van der Waals surface area (Å²) in [7, 11) is 1.55. The lowest BCUT2D eigenvalue weighted by Crippen LogP contribution is -2.18. The molecule has 5 heteroatoms. The summed E-state index contributed by atoms with van der Waals surface area (Å²) in [6.07, 6.45) is 0. The number of hydrogen-bond donors (Lipinski definition) is 0. The van der Waals surface area contributed by atoms with Gasteiger partial charge in [0.05, 0.1) is 7.11 Å². The van der Waals surface area contributed by atoms with Crippen LogP contribution < -0.4 is 14.2 Å². The predicted octanol–water partition coefficient (Wildman–Crippen LogP) is 4.06. The predicted molar refractivity (Wildman–Crippen MR) is 87.7 cm³/mol. The van der Waals surface area contributed by atoms with Gasteiger partial charge in [-0.1, -0.05) is 28.1 Å². The minimum absolute atomic E-state index is 0.185. The Morgan fingerprint density at radius 3 is 2.27 bits per heavy atom. The molecule has 0 atom stereocenters. The summed E-state index contributed by atoms with van der Waals surface area (Å²) >= 11 is 3.41. The molecule has 0 unspecified atom stereocenters. The van der Waals surface area contributed by atoms with Crippen LogP contribution in [0.2, 0.25) is 0 Å². The van der Waals surface area contributed by atoms with Crippen molar-refractivity contribution in [3.8, 4) is 17.2 Å². The zero-order chi connectivity index (χ0) is 16.1. The topological polar surface area (TPSA) is 44.8 Å². The van der Waals surface area contributed by atoms with Crippen LogP contribution in [-0.4, -0.2) is 19.7 Å². The highest BCUT2D eigenvalue weighted by Crippen LogP contribution is 2.28. The lowest BCUT2D eigenvalue weighted by Gasteiger charge is -2.12.